The fourth-order valence-electron chi connectivity index (χ4n) is 1.82. The average molecular weight is 312 g/mol. The van der Waals surface area contributed by atoms with Gasteiger partial charge in [0.1, 0.15) is 5.69 Å². The van der Waals surface area contributed by atoms with E-state index in [0.717, 1.165) is 6.54 Å². The number of amides is 1. The van der Waals surface area contributed by atoms with Gasteiger partial charge in [0.15, 0.2) is 5.75 Å². The first kappa shape index (κ1) is 16.5. The summed E-state index contributed by atoms with van der Waals surface area (Å²) in [6.07, 6.45) is 4.32. The molecule has 2 rings (SSSR count). The van der Waals surface area contributed by atoms with Crippen LogP contribution in [-0.2, 0) is 6.54 Å². The molecule has 1 aromatic heterocycles. The minimum absolute atomic E-state index is 0.329. The molecule has 0 bridgehead atoms. The summed E-state index contributed by atoms with van der Waals surface area (Å²) < 4.78 is 5.25. The van der Waals surface area contributed by atoms with Gasteiger partial charge in [-0.1, -0.05) is 30.3 Å². The van der Waals surface area contributed by atoms with E-state index in [2.05, 4.69) is 22.1 Å². The monoisotopic (exact) mass is 312 g/mol. The lowest BCUT2D eigenvalue weighted by molar-refractivity contribution is 0.172. The van der Waals surface area contributed by atoms with Crippen LogP contribution in [0.15, 0.2) is 53.8 Å². The summed E-state index contributed by atoms with van der Waals surface area (Å²) in [6.45, 7) is 0.738. The first-order valence-corrected chi connectivity index (χ1v) is 7.18. The maximum absolute atomic E-state index is 11.7. The van der Waals surface area contributed by atoms with Crippen molar-refractivity contribution in [1.82, 2.24) is 14.8 Å². The second-order valence-electron chi connectivity index (χ2n) is 5.25. The normalized spacial score (nSPS) is 10.6. The Hall–Kier alpha value is -2.89. The summed E-state index contributed by atoms with van der Waals surface area (Å²) in [7, 11) is 5.17. The molecule has 0 radical (unpaired) electrons. The Morgan fingerprint density at radius 1 is 1.22 bits per heavy atom. The van der Waals surface area contributed by atoms with Crippen LogP contribution in [0, 0.1) is 0 Å². The number of aliphatic imine (C=N–C) groups is 1. The highest BCUT2D eigenvalue weighted by molar-refractivity contribution is 5.73. The number of aromatic nitrogens is 1. The molecule has 120 valence electrons. The minimum Gasteiger partial charge on any atom is -0.406 e. The predicted octanol–water partition coefficient (Wildman–Crippen LogP) is 2.93. The van der Waals surface area contributed by atoms with Crippen molar-refractivity contribution in [3.8, 4) is 5.75 Å². The van der Waals surface area contributed by atoms with E-state index in [4.69, 9.17) is 4.74 Å². The van der Waals surface area contributed by atoms with Gasteiger partial charge in [0.05, 0.1) is 12.5 Å². The first-order valence-electron chi connectivity index (χ1n) is 7.18. The van der Waals surface area contributed by atoms with Crippen molar-refractivity contribution >= 4 is 18.1 Å². The second kappa shape index (κ2) is 7.93. The maximum Gasteiger partial charge on any atom is 0.414 e. The molecule has 0 aliphatic rings. The van der Waals surface area contributed by atoms with E-state index in [0.29, 0.717) is 11.4 Å². The molecule has 6 nitrogen and oxygen atoms in total. The topological polar surface area (TPSA) is 58.0 Å². The molecule has 0 unspecified atom stereocenters. The molecule has 0 saturated carbocycles. The number of carbonyl (C=O) groups is 1. The Bertz CT molecular complexity index is 671. The van der Waals surface area contributed by atoms with Gasteiger partial charge in [-0.05, 0) is 11.6 Å². The molecule has 23 heavy (non-hydrogen) atoms. The standard InChI is InChI=1S/C17H20N4O2/c1-20(2)17(22)23-16-11-18-10-9-15(16)19-13-21(3)12-14-7-5-4-6-8-14/h4-11,13H,12H2,1-3H3/b19-13+. The van der Waals surface area contributed by atoms with Crippen molar-refractivity contribution in [3.05, 3.63) is 54.4 Å². The van der Waals surface area contributed by atoms with Gasteiger partial charge in [0.25, 0.3) is 0 Å². The van der Waals surface area contributed by atoms with Crippen LogP contribution in [0.1, 0.15) is 5.56 Å². The molecule has 0 fully saturated rings. The third-order valence-electron chi connectivity index (χ3n) is 2.99. The molecule has 0 N–H and O–H groups in total. The average Bonchev–Trinajstić information content (AvgIpc) is 2.55. The molecule has 1 aromatic carbocycles. The lowest BCUT2D eigenvalue weighted by Gasteiger charge is -2.14. The van der Waals surface area contributed by atoms with Gasteiger partial charge in [-0.2, -0.15) is 0 Å². The van der Waals surface area contributed by atoms with Gasteiger partial charge in [-0.15, -0.1) is 0 Å². The molecule has 2 aromatic rings. The number of benzene rings is 1. The Labute approximate surface area is 136 Å². The Morgan fingerprint density at radius 3 is 2.65 bits per heavy atom. The quantitative estimate of drug-likeness (QED) is 0.629. The Kier molecular flexibility index (Phi) is 5.68. The highest BCUT2D eigenvalue weighted by atomic mass is 16.6. The third-order valence-corrected chi connectivity index (χ3v) is 2.99. The number of hydrogen-bond donors (Lipinski definition) is 0. The molecule has 0 saturated heterocycles. The van der Waals surface area contributed by atoms with Gasteiger partial charge in [0.2, 0.25) is 0 Å². The molecule has 1 heterocycles. The van der Waals surface area contributed by atoms with E-state index in [-0.39, 0.29) is 0 Å². The van der Waals surface area contributed by atoms with Crippen molar-refractivity contribution in [2.24, 2.45) is 4.99 Å². The lowest BCUT2D eigenvalue weighted by atomic mass is 10.2. The maximum atomic E-state index is 11.7. The Balaban J connectivity index is 2.05. The summed E-state index contributed by atoms with van der Waals surface area (Å²) in [4.78, 5) is 23.3. The van der Waals surface area contributed by atoms with Gasteiger partial charge in [-0.25, -0.2) is 9.79 Å². The van der Waals surface area contributed by atoms with Crippen molar-refractivity contribution < 1.29 is 9.53 Å². The van der Waals surface area contributed by atoms with Crippen LogP contribution in [0.4, 0.5) is 10.5 Å². The molecule has 6 heteroatoms. The summed E-state index contributed by atoms with van der Waals surface area (Å²) in [6, 6.07) is 11.8. The highest BCUT2D eigenvalue weighted by Gasteiger charge is 2.10. The van der Waals surface area contributed by atoms with E-state index in [1.165, 1.54) is 16.7 Å². The SMILES string of the molecule is CN(/C=N/c1ccncc1OC(=O)N(C)C)Cc1ccccc1. The van der Waals surface area contributed by atoms with E-state index in [9.17, 15) is 4.79 Å². The summed E-state index contributed by atoms with van der Waals surface area (Å²) in [5.41, 5.74) is 1.74. The van der Waals surface area contributed by atoms with Gasteiger partial charge >= 0.3 is 6.09 Å². The molecular weight excluding hydrogens is 292 g/mol. The number of rotatable bonds is 5. The van der Waals surface area contributed by atoms with Crippen molar-refractivity contribution in [3.63, 3.8) is 0 Å². The number of carbonyl (C=O) groups excluding carboxylic acids is 1. The zero-order valence-corrected chi connectivity index (χ0v) is 13.5. The molecule has 0 aliphatic heterocycles. The smallest absolute Gasteiger partial charge is 0.406 e. The van der Waals surface area contributed by atoms with Crippen molar-refractivity contribution in [2.75, 3.05) is 21.1 Å². The van der Waals surface area contributed by atoms with Crippen LogP contribution in [0.3, 0.4) is 0 Å². The van der Waals surface area contributed by atoms with Gasteiger partial charge in [0, 0.05) is 33.9 Å². The van der Waals surface area contributed by atoms with Crippen LogP contribution in [0.5, 0.6) is 5.75 Å². The molecule has 0 atom stereocenters. The fraction of sp³-hybridized carbons (Fsp3) is 0.235. The van der Waals surface area contributed by atoms with Gasteiger partial charge < -0.3 is 14.5 Å². The van der Waals surface area contributed by atoms with E-state index in [1.54, 1.807) is 32.7 Å². The minimum atomic E-state index is -0.466. The Morgan fingerprint density at radius 2 is 1.96 bits per heavy atom. The lowest BCUT2D eigenvalue weighted by Crippen LogP contribution is -2.25. The number of nitrogens with zero attached hydrogens (tertiary/aromatic N) is 4. The zero-order valence-electron chi connectivity index (χ0n) is 13.5. The molecule has 0 aliphatic carbocycles. The predicted molar refractivity (Wildman–Crippen MR) is 90.0 cm³/mol. The van der Waals surface area contributed by atoms with E-state index >= 15 is 0 Å². The summed E-state index contributed by atoms with van der Waals surface area (Å²) in [5.74, 6) is 0.329. The van der Waals surface area contributed by atoms with Crippen LogP contribution in [-0.4, -0.2) is 48.4 Å². The van der Waals surface area contributed by atoms with Crippen molar-refractivity contribution in [2.45, 2.75) is 6.54 Å². The summed E-state index contributed by atoms with van der Waals surface area (Å²) in [5, 5.41) is 0. The summed E-state index contributed by atoms with van der Waals surface area (Å²) >= 11 is 0. The van der Waals surface area contributed by atoms with Crippen molar-refractivity contribution in [1.29, 1.82) is 0 Å². The molecule has 0 spiro atoms. The number of ether oxygens (including phenoxy) is 1. The van der Waals surface area contributed by atoms with Crippen LogP contribution in [0.25, 0.3) is 0 Å². The number of hydrogen-bond acceptors (Lipinski definition) is 4. The first-order chi connectivity index (χ1) is 11.1. The molecule has 1 amide bonds. The van der Waals surface area contributed by atoms with Crippen LogP contribution >= 0.6 is 0 Å². The number of pyridine rings is 1. The van der Waals surface area contributed by atoms with Gasteiger partial charge in [-0.3, -0.25) is 4.98 Å². The van der Waals surface area contributed by atoms with E-state index in [1.807, 2.05) is 30.1 Å². The van der Waals surface area contributed by atoms with Crippen LogP contribution < -0.4 is 4.74 Å². The largest absolute Gasteiger partial charge is 0.414 e. The molecular formula is C17H20N4O2. The van der Waals surface area contributed by atoms with E-state index < -0.39 is 6.09 Å². The fourth-order valence-corrected chi connectivity index (χ4v) is 1.82. The highest BCUT2D eigenvalue weighted by Crippen LogP contribution is 2.25. The third kappa shape index (κ3) is 5.10. The second-order valence-corrected chi connectivity index (χ2v) is 5.25. The zero-order chi connectivity index (χ0) is 16.7. The van der Waals surface area contributed by atoms with Crippen LogP contribution in [0.2, 0.25) is 0 Å².